The molecule has 0 radical (unpaired) electrons. The van der Waals surface area contributed by atoms with Gasteiger partial charge in [-0.3, -0.25) is 0 Å². The van der Waals surface area contributed by atoms with Gasteiger partial charge in [0.15, 0.2) is 0 Å². The van der Waals surface area contributed by atoms with Crippen LogP contribution in [0.15, 0.2) is 146 Å². The van der Waals surface area contributed by atoms with Crippen LogP contribution in [0.25, 0.3) is 76.9 Å². The van der Waals surface area contributed by atoms with Crippen LogP contribution in [-0.4, -0.2) is 9.13 Å². The number of para-hydroxylation sites is 3. The summed E-state index contributed by atoms with van der Waals surface area (Å²) in [7, 11) is 0. The summed E-state index contributed by atoms with van der Waals surface area (Å²) in [5.41, 5.74) is 12.8. The first-order chi connectivity index (χ1) is 22.1. The van der Waals surface area contributed by atoms with Gasteiger partial charge in [0.25, 0.3) is 0 Å². The summed E-state index contributed by atoms with van der Waals surface area (Å²) in [6.45, 7) is 4.73. The molecule has 2 heterocycles. The summed E-state index contributed by atoms with van der Waals surface area (Å²) in [4.78, 5) is 0. The van der Waals surface area contributed by atoms with Crippen LogP contribution in [0.1, 0.15) is 25.0 Å². The predicted octanol–water partition coefficient (Wildman–Crippen LogP) is 11.3. The average Bonchev–Trinajstić information content (AvgIpc) is 3.69. The van der Waals surface area contributed by atoms with Gasteiger partial charge in [0.2, 0.25) is 0 Å². The molecule has 10 rings (SSSR count). The van der Waals surface area contributed by atoms with E-state index in [0.717, 1.165) is 0 Å². The van der Waals surface area contributed by atoms with Gasteiger partial charge in [0, 0.05) is 43.7 Å². The molecule has 9 aromatic rings. The van der Waals surface area contributed by atoms with Crippen LogP contribution in [0.2, 0.25) is 0 Å². The molecular weight excluding hydrogens is 544 g/mol. The van der Waals surface area contributed by atoms with E-state index in [2.05, 4.69) is 169 Å². The van der Waals surface area contributed by atoms with Crippen molar-refractivity contribution in [1.82, 2.24) is 9.13 Å². The van der Waals surface area contributed by atoms with E-state index in [0.29, 0.717) is 0 Å². The van der Waals surface area contributed by atoms with Crippen molar-refractivity contribution in [1.29, 1.82) is 0 Å². The Hall–Kier alpha value is -5.60. The molecule has 0 aliphatic heterocycles. The van der Waals surface area contributed by atoms with E-state index in [9.17, 15) is 0 Å². The Morgan fingerprint density at radius 3 is 1.71 bits per heavy atom. The van der Waals surface area contributed by atoms with Gasteiger partial charge in [-0.05, 0) is 64.0 Å². The van der Waals surface area contributed by atoms with E-state index in [1.54, 1.807) is 0 Å². The van der Waals surface area contributed by atoms with Crippen molar-refractivity contribution in [3.63, 3.8) is 0 Å². The van der Waals surface area contributed by atoms with Gasteiger partial charge in [-0.15, -0.1) is 0 Å². The molecule has 0 unspecified atom stereocenters. The predicted molar refractivity (Wildman–Crippen MR) is 190 cm³/mol. The van der Waals surface area contributed by atoms with Crippen LogP contribution in [0, 0.1) is 0 Å². The maximum Gasteiger partial charge on any atom is 0.0647 e. The second-order valence-electron chi connectivity index (χ2n) is 12.9. The molecule has 0 amide bonds. The Morgan fingerprint density at radius 2 is 0.956 bits per heavy atom. The molecule has 2 heteroatoms. The second kappa shape index (κ2) is 8.74. The Kier molecular flexibility index (Phi) is 4.82. The van der Waals surface area contributed by atoms with Gasteiger partial charge < -0.3 is 9.13 Å². The Balaban J connectivity index is 1.43. The molecule has 1 aliphatic rings. The van der Waals surface area contributed by atoms with E-state index in [4.69, 9.17) is 0 Å². The highest BCUT2D eigenvalue weighted by Crippen LogP contribution is 2.51. The lowest BCUT2D eigenvalue weighted by atomic mass is 9.82. The van der Waals surface area contributed by atoms with E-state index in [1.807, 2.05) is 0 Å². The summed E-state index contributed by atoms with van der Waals surface area (Å²) >= 11 is 0. The number of fused-ring (bicyclic) bond motifs is 13. The molecule has 45 heavy (non-hydrogen) atoms. The summed E-state index contributed by atoms with van der Waals surface area (Å²) in [5.74, 6) is 0. The minimum atomic E-state index is -0.0736. The third-order valence-corrected chi connectivity index (χ3v) is 10.3. The molecule has 0 fully saturated rings. The quantitative estimate of drug-likeness (QED) is 0.194. The molecule has 0 atom stereocenters. The van der Waals surface area contributed by atoms with Crippen LogP contribution >= 0.6 is 0 Å². The van der Waals surface area contributed by atoms with Crippen LogP contribution in [0.5, 0.6) is 0 Å². The number of nitrogens with zero attached hydrogens (tertiary/aromatic N) is 2. The molecule has 0 spiro atoms. The third kappa shape index (κ3) is 3.13. The number of rotatable bonds is 2. The fraction of sp³-hybridized carbons (Fsp3) is 0.0698. The maximum atomic E-state index is 2.53. The van der Waals surface area contributed by atoms with E-state index in [-0.39, 0.29) is 5.41 Å². The highest BCUT2D eigenvalue weighted by Gasteiger charge is 2.35. The highest BCUT2D eigenvalue weighted by atomic mass is 15.0. The zero-order chi connectivity index (χ0) is 29.9. The standard InChI is InChI=1S/C43H30N2/c1-43(2)35-21-11-8-16-29(35)30-25-24-28(26-36(30)43)45-38-23-13-10-20-34(38)40-41(45)32-18-7-6-17-31(32)39-33-19-9-12-22-37(33)44(42(39)40)27-14-4-3-5-15-27/h3-26H,1-2H3. The van der Waals surface area contributed by atoms with Gasteiger partial charge >= 0.3 is 0 Å². The summed E-state index contributed by atoms with van der Waals surface area (Å²) in [5, 5.41) is 7.71. The molecule has 0 N–H and O–H groups in total. The zero-order valence-electron chi connectivity index (χ0n) is 25.3. The summed E-state index contributed by atoms with van der Waals surface area (Å²) < 4.78 is 5.01. The molecule has 0 bridgehead atoms. The number of hydrogen-bond acceptors (Lipinski definition) is 0. The fourth-order valence-corrected chi connectivity index (χ4v) is 8.34. The molecule has 0 saturated heterocycles. The number of aromatic nitrogens is 2. The SMILES string of the molecule is CC1(C)c2ccccc2-c2ccc(-n3c4ccccc4c4c3c3ccccc3c3c5ccccc5n(-c5ccccc5)c34)cc21. The van der Waals surface area contributed by atoms with E-state index in [1.165, 1.54) is 88.0 Å². The normalized spacial score (nSPS) is 13.7. The third-order valence-electron chi connectivity index (χ3n) is 10.3. The number of hydrogen-bond donors (Lipinski definition) is 0. The molecule has 212 valence electrons. The van der Waals surface area contributed by atoms with Crippen LogP contribution < -0.4 is 0 Å². The Morgan fingerprint density at radius 1 is 0.400 bits per heavy atom. The van der Waals surface area contributed by atoms with Gasteiger partial charge in [-0.25, -0.2) is 0 Å². The lowest BCUT2D eigenvalue weighted by Crippen LogP contribution is -2.15. The van der Waals surface area contributed by atoms with E-state index >= 15 is 0 Å². The van der Waals surface area contributed by atoms with Crippen molar-refractivity contribution in [3.05, 3.63) is 157 Å². The van der Waals surface area contributed by atoms with Crippen LogP contribution in [0.3, 0.4) is 0 Å². The van der Waals surface area contributed by atoms with Crippen molar-refractivity contribution in [2.24, 2.45) is 0 Å². The minimum absolute atomic E-state index is 0.0736. The molecular formula is C43H30N2. The summed E-state index contributed by atoms with van der Waals surface area (Å²) in [6, 6.07) is 53.7. The average molecular weight is 575 g/mol. The minimum Gasteiger partial charge on any atom is -0.309 e. The monoisotopic (exact) mass is 574 g/mol. The van der Waals surface area contributed by atoms with E-state index < -0.39 is 0 Å². The molecule has 2 nitrogen and oxygen atoms in total. The van der Waals surface area contributed by atoms with Crippen molar-refractivity contribution in [3.8, 4) is 22.5 Å². The lowest BCUT2D eigenvalue weighted by Gasteiger charge is -2.22. The molecule has 2 aromatic heterocycles. The van der Waals surface area contributed by atoms with Crippen molar-refractivity contribution in [2.75, 3.05) is 0 Å². The van der Waals surface area contributed by atoms with Crippen molar-refractivity contribution < 1.29 is 0 Å². The van der Waals surface area contributed by atoms with Crippen molar-refractivity contribution >= 4 is 54.4 Å². The molecule has 1 aliphatic carbocycles. The first-order valence-corrected chi connectivity index (χ1v) is 15.8. The maximum absolute atomic E-state index is 2.53. The Bertz CT molecular complexity index is 2670. The zero-order valence-corrected chi connectivity index (χ0v) is 25.3. The number of benzene rings is 7. The first-order valence-electron chi connectivity index (χ1n) is 15.8. The van der Waals surface area contributed by atoms with Gasteiger partial charge in [0.05, 0.1) is 22.1 Å². The highest BCUT2D eigenvalue weighted by molar-refractivity contribution is 6.36. The smallest absolute Gasteiger partial charge is 0.0647 e. The fourth-order valence-electron chi connectivity index (χ4n) is 8.34. The summed E-state index contributed by atoms with van der Waals surface area (Å²) in [6.07, 6.45) is 0. The first kappa shape index (κ1) is 24.8. The Labute approximate surface area is 261 Å². The lowest BCUT2D eigenvalue weighted by molar-refractivity contribution is 0.660. The van der Waals surface area contributed by atoms with Gasteiger partial charge in [0.1, 0.15) is 0 Å². The second-order valence-corrected chi connectivity index (χ2v) is 12.9. The van der Waals surface area contributed by atoms with Crippen LogP contribution in [-0.2, 0) is 5.41 Å². The largest absolute Gasteiger partial charge is 0.309 e. The molecule has 0 saturated carbocycles. The van der Waals surface area contributed by atoms with Crippen LogP contribution in [0.4, 0.5) is 0 Å². The van der Waals surface area contributed by atoms with Gasteiger partial charge in [-0.2, -0.15) is 0 Å². The molecule has 7 aromatic carbocycles. The van der Waals surface area contributed by atoms with Gasteiger partial charge in [-0.1, -0.05) is 123 Å². The van der Waals surface area contributed by atoms with Crippen molar-refractivity contribution in [2.45, 2.75) is 19.3 Å². The topological polar surface area (TPSA) is 9.86 Å².